The highest BCUT2D eigenvalue weighted by Crippen LogP contribution is 2.52. The molecule has 1 saturated carbocycles. The Labute approximate surface area is 275 Å². The number of hydrogen-bond donors (Lipinski definition) is 2. The van der Waals surface area contributed by atoms with E-state index in [2.05, 4.69) is 15.2 Å². The van der Waals surface area contributed by atoms with Gasteiger partial charge in [-0.25, -0.2) is 4.79 Å². The number of amides is 1. The zero-order valence-corrected chi connectivity index (χ0v) is 27.0. The van der Waals surface area contributed by atoms with Crippen molar-refractivity contribution < 1.29 is 42.2 Å². The van der Waals surface area contributed by atoms with Crippen LogP contribution in [0.4, 0.5) is 24.5 Å². The Balaban J connectivity index is 1.54. The van der Waals surface area contributed by atoms with E-state index < -0.39 is 29.7 Å². The van der Waals surface area contributed by atoms with Gasteiger partial charge in [0.15, 0.2) is 0 Å². The minimum Gasteiger partial charge on any atom is -0.497 e. The summed E-state index contributed by atoms with van der Waals surface area (Å²) in [5.74, 6) is -1.56. The van der Waals surface area contributed by atoms with Gasteiger partial charge in [-0.05, 0) is 75.1 Å². The van der Waals surface area contributed by atoms with Gasteiger partial charge in [0.05, 0.1) is 18.5 Å². The number of carboxylic acid groups (broad SMARTS) is 1. The summed E-state index contributed by atoms with van der Waals surface area (Å²) in [5, 5.41) is 17.2. The fraction of sp³-hybridized carbons (Fsp3) is 0.382. The van der Waals surface area contributed by atoms with Crippen LogP contribution >= 0.6 is 11.6 Å². The first-order valence-electron chi connectivity index (χ1n) is 15.0. The van der Waals surface area contributed by atoms with Gasteiger partial charge in [0.1, 0.15) is 17.5 Å². The first-order valence-corrected chi connectivity index (χ1v) is 15.4. The molecule has 2 N–H and O–H groups in total. The smallest absolute Gasteiger partial charge is 0.497 e. The fourth-order valence-electron chi connectivity index (χ4n) is 6.08. The standard InChI is InChI=1S/C34H35ClF3N3O6/c1-20(40-47-32(2,3)31(43)44)22-15-24(17-26(16-22)45-4)39-29(21-7-9-23(35)10-8-21)30(42)41-19-33(13-5-6-14-33)27-12-11-25(18-28(27)41)46-34(36,37)38/h7-12,15-18,29,39H,5-6,13-14,19H2,1-4H3,(H,43,44)/b40-20+. The molecule has 0 saturated heterocycles. The minimum atomic E-state index is -4.89. The number of rotatable bonds is 10. The molecular weight excluding hydrogens is 639 g/mol. The van der Waals surface area contributed by atoms with Gasteiger partial charge in [-0.15, -0.1) is 13.2 Å². The molecule has 250 valence electrons. The van der Waals surface area contributed by atoms with Crippen molar-refractivity contribution in [3.05, 3.63) is 82.4 Å². The highest BCUT2D eigenvalue weighted by Gasteiger charge is 2.48. The molecule has 9 nitrogen and oxygen atoms in total. The minimum absolute atomic E-state index is 0.314. The van der Waals surface area contributed by atoms with E-state index in [4.69, 9.17) is 21.2 Å². The third kappa shape index (κ3) is 7.43. The van der Waals surface area contributed by atoms with Crippen LogP contribution in [0.25, 0.3) is 0 Å². The molecule has 13 heteroatoms. The molecule has 1 atom stereocenters. The second kappa shape index (κ2) is 13.0. The van der Waals surface area contributed by atoms with Crippen molar-refractivity contribution in [2.75, 3.05) is 23.9 Å². The summed E-state index contributed by atoms with van der Waals surface area (Å²) in [6, 6.07) is 15.0. The summed E-state index contributed by atoms with van der Waals surface area (Å²) < 4.78 is 49.3. The van der Waals surface area contributed by atoms with Gasteiger partial charge in [-0.1, -0.05) is 47.8 Å². The molecule has 1 amide bonds. The third-order valence-corrected chi connectivity index (χ3v) is 8.85. The van der Waals surface area contributed by atoms with Gasteiger partial charge in [-0.2, -0.15) is 0 Å². The Bertz CT molecular complexity index is 1690. The van der Waals surface area contributed by atoms with Crippen molar-refractivity contribution in [2.45, 2.75) is 69.9 Å². The van der Waals surface area contributed by atoms with Crippen LogP contribution in [0, 0.1) is 0 Å². The van der Waals surface area contributed by atoms with Gasteiger partial charge in [0, 0.05) is 40.4 Å². The summed E-state index contributed by atoms with van der Waals surface area (Å²) in [4.78, 5) is 32.9. The quantitative estimate of drug-likeness (QED) is 0.167. The monoisotopic (exact) mass is 673 g/mol. The van der Waals surface area contributed by atoms with Crippen molar-refractivity contribution >= 4 is 40.6 Å². The highest BCUT2D eigenvalue weighted by atomic mass is 35.5. The van der Waals surface area contributed by atoms with Gasteiger partial charge in [0.2, 0.25) is 5.60 Å². The van der Waals surface area contributed by atoms with E-state index in [1.165, 1.54) is 33.1 Å². The maximum Gasteiger partial charge on any atom is 0.573 e. The number of nitrogens with one attached hydrogen (secondary N) is 1. The fourth-order valence-corrected chi connectivity index (χ4v) is 6.20. The average molecular weight is 674 g/mol. The molecule has 1 unspecified atom stereocenters. The molecule has 0 aromatic heterocycles. The molecule has 2 aliphatic rings. The van der Waals surface area contributed by atoms with Gasteiger partial charge in [-0.3, -0.25) is 4.79 Å². The van der Waals surface area contributed by atoms with Crippen LogP contribution in [0.3, 0.4) is 0 Å². The Hall–Kier alpha value is -4.45. The second-order valence-corrected chi connectivity index (χ2v) is 12.7. The van der Waals surface area contributed by atoms with E-state index in [1.54, 1.807) is 60.4 Å². The third-order valence-electron chi connectivity index (χ3n) is 8.60. The van der Waals surface area contributed by atoms with E-state index in [-0.39, 0.29) is 11.3 Å². The number of alkyl halides is 3. The average Bonchev–Trinajstić information content (AvgIpc) is 3.62. The topological polar surface area (TPSA) is 110 Å². The number of benzene rings is 3. The second-order valence-electron chi connectivity index (χ2n) is 12.3. The summed E-state index contributed by atoms with van der Waals surface area (Å²) in [5.41, 5.74) is 1.18. The zero-order chi connectivity index (χ0) is 34.1. The van der Waals surface area contributed by atoms with Crippen molar-refractivity contribution in [3.8, 4) is 11.5 Å². The molecule has 3 aromatic carbocycles. The molecule has 3 aromatic rings. The van der Waals surface area contributed by atoms with Crippen LogP contribution in [-0.2, 0) is 19.8 Å². The van der Waals surface area contributed by atoms with Crippen LogP contribution in [0.2, 0.25) is 5.02 Å². The number of carbonyl (C=O) groups excluding carboxylic acids is 1. The lowest BCUT2D eigenvalue weighted by molar-refractivity contribution is -0.274. The first-order chi connectivity index (χ1) is 22.1. The number of aliphatic carboxylic acids is 1. The molecule has 1 aliphatic carbocycles. The van der Waals surface area contributed by atoms with Crippen LogP contribution < -0.4 is 19.7 Å². The Kier molecular flexibility index (Phi) is 9.36. The van der Waals surface area contributed by atoms with Crippen LogP contribution in [0.5, 0.6) is 11.5 Å². The van der Waals surface area contributed by atoms with Crippen LogP contribution in [0.15, 0.2) is 65.8 Å². The van der Waals surface area contributed by atoms with Gasteiger partial charge < -0.3 is 29.6 Å². The molecule has 5 rings (SSSR count). The Morgan fingerprint density at radius 1 is 1.02 bits per heavy atom. The number of carbonyl (C=O) groups is 2. The Morgan fingerprint density at radius 2 is 1.70 bits per heavy atom. The number of halogens is 4. The summed E-state index contributed by atoms with van der Waals surface area (Å²) >= 11 is 6.18. The molecular formula is C34H35ClF3N3O6. The zero-order valence-electron chi connectivity index (χ0n) is 26.3. The maximum atomic E-state index is 14.6. The molecule has 0 bridgehead atoms. The number of fused-ring (bicyclic) bond motifs is 2. The lowest BCUT2D eigenvalue weighted by atomic mass is 9.81. The number of methoxy groups -OCH3 is 1. The predicted octanol–water partition coefficient (Wildman–Crippen LogP) is 7.86. The highest BCUT2D eigenvalue weighted by molar-refractivity contribution is 6.30. The number of carboxylic acids is 1. The van der Waals surface area contributed by atoms with E-state index >= 15 is 0 Å². The number of oxime groups is 1. The largest absolute Gasteiger partial charge is 0.573 e. The first kappa shape index (κ1) is 33.9. The van der Waals surface area contributed by atoms with E-state index in [1.807, 2.05) is 0 Å². The molecule has 0 radical (unpaired) electrons. The van der Waals surface area contributed by atoms with Gasteiger partial charge in [0.25, 0.3) is 5.91 Å². The van der Waals surface area contributed by atoms with E-state index in [0.717, 1.165) is 31.2 Å². The maximum absolute atomic E-state index is 14.6. The summed E-state index contributed by atoms with van der Waals surface area (Å²) in [6.45, 7) is 4.70. The lowest BCUT2D eigenvalue weighted by Crippen LogP contribution is -2.40. The number of ether oxygens (including phenoxy) is 2. The van der Waals surface area contributed by atoms with Crippen molar-refractivity contribution in [1.29, 1.82) is 0 Å². The normalized spacial score (nSPS) is 16.5. The van der Waals surface area contributed by atoms with Crippen molar-refractivity contribution in [2.24, 2.45) is 5.16 Å². The number of hydrogen-bond acceptors (Lipinski definition) is 7. The van der Waals surface area contributed by atoms with Crippen molar-refractivity contribution in [3.63, 3.8) is 0 Å². The summed E-state index contributed by atoms with van der Waals surface area (Å²) in [6.07, 6.45) is -1.38. The molecule has 1 aliphatic heterocycles. The van der Waals surface area contributed by atoms with Gasteiger partial charge >= 0.3 is 12.3 Å². The van der Waals surface area contributed by atoms with Crippen molar-refractivity contribution in [1.82, 2.24) is 0 Å². The van der Waals surface area contributed by atoms with E-state index in [9.17, 15) is 27.9 Å². The molecule has 47 heavy (non-hydrogen) atoms. The molecule has 1 fully saturated rings. The SMILES string of the molecule is COc1cc(NC(C(=O)N2CC3(CCCC3)c3ccc(OC(F)(F)F)cc32)c2ccc(Cl)cc2)cc(/C(C)=N/OC(C)(C)C(=O)O)c1. The van der Waals surface area contributed by atoms with Crippen LogP contribution in [-0.4, -0.2) is 48.3 Å². The Morgan fingerprint density at radius 3 is 2.32 bits per heavy atom. The van der Waals surface area contributed by atoms with Crippen LogP contribution in [0.1, 0.15) is 69.2 Å². The molecule has 1 spiro atoms. The molecule has 1 heterocycles. The van der Waals surface area contributed by atoms with E-state index in [0.29, 0.717) is 45.5 Å². The summed E-state index contributed by atoms with van der Waals surface area (Å²) in [7, 11) is 1.48. The predicted molar refractivity (Wildman–Crippen MR) is 171 cm³/mol. The lowest BCUT2D eigenvalue weighted by Gasteiger charge is -2.28. The number of anilines is 2. The number of nitrogens with zero attached hydrogens (tertiary/aromatic N) is 2.